The third-order valence-electron chi connectivity index (χ3n) is 5.22. The van der Waals surface area contributed by atoms with Crippen LogP contribution in [0.4, 0.5) is 0 Å². The maximum Gasteiger partial charge on any atom is 0.243 e. The molecule has 0 aromatic heterocycles. The highest BCUT2D eigenvalue weighted by Crippen LogP contribution is 2.44. The van der Waals surface area contributed by atoms with Gasteiger partial charge in [0.15, 0.2) is 0 Å². The van der Waals surface area contributed by atoms with Crippen LogP contribution < -0.4 is 10.1 Å². The third-order valence-corrected chi connectivity index (χ3v) is 7.04. The summed E-state index contributed by atoms with van der Waals surface area (Å²) in [6.45, 7) is -0.164. The first-order valence-corrected chi connectivity index (χ1v) is 9.74. The lowest BCUT2D eigenvalue weighted by molar-refractivity contribution is -0.122. The summed E-state index contributed by atoms with van der Waals surface area (Å²) in [5, 5.41) is 3.02. The first-order chi connectivity index (χ1) is 11.4. The molecule has 3 rings (SSSR count). The molecule has 3 atom stereocenters. The fourth-order valence-corrected chi connectivity index (χ4v) is 5.02. The van der Waals surface area contributed by atoms with Gasteiger partial charge in [-0.1, -0.05) is 6.42 Å². The molecular formula is C17H24N2O4S. The van der Waals surface area contributed by atoms with Gasteiger partial charge in [0.1, 0.15) is 5.75 Å². The van der Waals surface area contributed by atoms with Crippen molar-refractivity contribution in [2.24, 2.45) is 11.8 Å². The van der Waals surface area contributed by atoms with E-state index in [9.17, 15) is 13.2 Å². The number of carbonyl (C=O) groups is 1. The van der Waals surface area contributed by atoms with Crippen LogP contribution in [0.25, 0.3) is 0 Å². The van der Waals surface area contributed by atoms with Crippen LogP contribution >= 0.6 is 0 Å². The number of rotatable bonds is 6. The number of hydrogen-bond acceptors (Lipinski definition) is 4. The summed E-state index contributed by atoms with van der Waals surface area (Å²) in [4.78, 5) is 12.4. The van der Waals surface area contributed by atoms with Gasteiger partial charge in [-0.2, -0.15) is 4.31 Å². The van der Waals surface area contributed by atoms with Gasteiger partial charge in [-0.05, 0) is 55.4 Å². The second kappa shape index (κ2) is 6.72. The lowest BCUT2D eigenvalue weighted by Gasteiger charge is -2.24. The summed E-state index contributed by atoms with van der Waals surface area (Å²) >= 11 is 0. The molecule has 0 aliphatic heterocycles. The quantitative estimate of drug-likeness (QED) is 0.844. The number of nitrogens with zero attached hydrogens (tertiary/aromatic N) is 1. The normalized spacial score (nSPS) is 25.9. The number of carbonyl (C=O) groups excluding carboxylic acids is 1. The standard InChI is InChI=1S/C17H24N2O4S/c1-19(24(21,22)15-7-5-14(23-2)6-8-15)11-17(20)18-16-10-12-3-4-13(16)9-12/h5-8,12-13,16H,3-4,9-11H2,1-2H3,(H,18,20)/t12-,13-,16+/m0/s1. The highest BCUT2D eigenvalue weighted by Gasteiger charge is 2.40. The van der Waals surface area contributed by atoms with Crippen LogP contribution in [-0.2, 0) is 14.8 Å². The zero-order valence-corrected chi connectivity index (χ0v) is 14.9. The summed E-state index contributed by atoms with van der Waals surface area (Å²) in [6.07, 6.45) is 4.68. The third kappa shape index (κ3) is 3.42. The highest BCUT2D eigenvalue weighted by molar-refractivity contribution is 7.89. The van der Waals surface area contributed by atoms with E-state index >= 15 is 0 Å². The maximum atomic E-state index is 12.5. The van der Waals surface area contributed by atoms with Gasteiger partial charge in [0.2, 0.25) is 15.9 Å². The van der Waals surface area contributed by atoms with Gasteiger partial charge in [-0.15, -0.1) is 0 Å². The molecule has 0 spiro atoms. The SMILES string of the molecule is COc1ccc(S(=O)(=O)N(C)CC(=O)N[C@@H]2C[C@H]3CC[C@H]2C3)cc1. The molecule has 24 heavy (non-hydrogen) atoms. The van der Waals surface area contributed by atoms with E-state index in [0.29, 0.717) is 11.7 Å². The molecule has 1 amide bonds. The second-order valence-electron chi connectivity index (χ2n) is 6.79. The number of amides is 1. The number of hydrogen-bond donors (Lipinski definition) is 1. The molecule has 0 saturated heterocycles. The second-order valence-corrected chi connectivity index (χ2v) is 8.83. The van der Waals surface area contributed by atoms with Crippen LogP contribution in [0.2, 0.25) is 0 Å². The molecule has 2 aliphatic carbocycles. The van der Waals surface area contributed by atoms with Crippen LogP contribution in [-0.4, -0.2) is 45.4 Å². The van der Waals surface area contributed by atoms with Crippen LogP contribution in [0.15, 0.2) is 29.2 Å². The zero-order valence-electron chi connectivity index (χ0n) is 14.1. The van der Waals surface area contributed by atoms with E-state index in [0.717, 1.165) is 16.6 Å². The number of fused-ring (bicyclic) bond motifs is 2. The first kappa shape index (κ1) is 17.2. The van der Waals surface area contributed by atoms with Crippen molar-refractivity contribution in [3.05, 3.63) is 24.3 Å². The van der Waals surface area contributed by atoms with Crippen molar-refractivity contribution >= 4 is 15.9 Å². The molecule has 1 aromatic rings. The Kier molecular flexibility index (Phi) is 4.83. The predicted octanol–water partition coefficient (Wildman–Crippen LogP) is 1.62. The summed E-state index contributed by atoms with van der Waals surface area (Å²) in [5.41, 5.74) is 0. The zero-order chi connectivity index (χ0) is 17.3. The van der Waals surface area contributed by atoms with E-state index in [-0.39, 0.29) is 23.4 Å². The van der Waals surface area contributed by atoms with Crippen molar-refractivity contribution in [3.63, 3.8) is 0 Å². The Hall–Kier alpha value is -1.60. The fourth-order valence-electron chi connectivity index (χ4n) is 3.89. The van der Waals surface area contributed by atoms with Crippen molar-refractivity contribution in [3.8, 4) is 5.75 Å². The molecule has 2 fully saturated rings. The van der Waals surface area contributed by atoms with Crippen LogP contribution in [0, 0.1) is 11.8 Å². The fraction of sp³-hybridized carbons (Fsp3) is 0.588. The number of methoxy groups -OCH3 is 1. The van der Waals surface area contributed by atoms with Crippen molar-refractivity contribution < 1.29 is 17.9 Å². The van der Waals surface area contributed by atoms with E-state index in [1.165, 1.54) is 45.6 Å². The number of benzene rings is 1. The first-order valence-electron chi connectivity index (χ1n) is 8.30. The molecule has 1 aromatic carbocycles. The minimum Gasteiger partial charge on any atom is -0.497 e. The number of ether oxygens (including phenoxy) is 1. The van der Waals surface area contributed by atoms with Crippen molar-refractivity contribution in [2.75, 3.05) is 20.7 Å². The molecule has 2 bridgehead atoms. The Labute approximate surface area is 143 Å². The minimum atomic E-state index is -3.69. The Balaban J connectivity index is 1.60. The van der Waals surface area contributed by atoms with Gasteiger partial charge in [0.25, 0.3) is 0 Å². The van der Waals surface area contributed by atoms with Gasteiger partial charge in [0, 0.05) is 13.1 Å². The smallest absolute Gasteiger partial charge is 0.243 e. The van der Waals surface area contributed by atoms with Gasteiger partial charge in [0.05, 0.1) is 18.6 Å². The summed E-state index contributed by atoms with van der Waals surface area (Å²) < 4.78 is 31.2. The Morgan fingerprint density at radius 2 is 1.96 bits per heavy atom. The van der Waals surface area contributed by atoms with Crippen LogP contribution in [0.1, 0.15) is 25.7 Å². The predicted molar refractivity (Wildman–Crippen MR) is 90.2 cm³/mol. The molecule has 132 valence electrons. The van der Waals surface area contributed by atoms with Gasteiger partial charge < -0.3 is 10.1 Å². The minimum absolute atomic E-state index is 0.151. The van der Waals surface area contributed by atoms with Crippen LogP contribution in [0.5, 0.6) is 5.75 Å². The molecular weight excluding hydrogens is 328 g/mol. The summed E-state index contributed by atoms with van der Waals surface area (Å²) in [7, 11) is -0.732. The average Bonchev–Trinajstić information content (AvgIpc) is 3.17. The molecule has 0 radical (unpaired) electrons. The number of sulfonamides is 1. The van der Waals surface area contributed by atoms with E-state index in [2.05, 4.69) is 5.32 Å². The van der Waals surface area contributed by atoms with Gasteiger partial charge in [-0.25, -0.2) is 8.42 Å². The summed E-state index contributed by atoms with van der Waals surface area (Å²) in [6, 6.07) is 6.37. The number of likely N-dealkylation sites (N-methyl/N-ethyl adjacent to an activating group) is 1. The topological polar surface area (TPSA) is 75.7 Å². The lowest BCUT2D eigenvalue weighted by Crippen LogP contribution is -2.44. The summed E-state index contributed by atoms with van der Waals surface area (Å²) in [5.74, 6) is 1.67. The number of nitrogens with one attached hydrogen (secondary N) is 1. The molecule has 6 nitrogen and oxygen atoms in total. The van der Waals surface area contributed by atoms with Gasteiger partial charge >= 0.3 is 0 Å². The Bertz CT molecular complexity index is 702. The highest BCUT2D eigenvalue weighted by atomic mass is 32.2. The van der Waals surface area contributed by atoms with E-state index < -0.39 is 10.0 Å². The molecule has 2 saturated carbocycles. The van der Waals surface area contributed by atoms with Crippen molar-refractivity contribution in [1.29, 1.82) is 0 Å². The van der Waals surface area contributed by atoms with E-state index in [1.54, 1.807) is 12.1 Å². The molecule has 0 unspecified atom stereocenters. The maximum absolute atomic E-state index is 12.5. The molecule has 1 N–H and O–H groups in total. The van der Waals surface area contributed by atoms with Crippen LogP contribution in [0.3, 0.4) is 0 Å². The largest absolute Gasteiger partial charge is 0.497 e. The molecule has 2 aliphatic rings. The van der Waals surface area contributed by atoms with Crippen molar-refractivity contribution in [2.45, 2.75) is 36.6 Å². The van der Waals surface area contributed by atoms with E-state index in [1.807, 2.05) is 0 Å². The van der Waals surface area contributed by atoms with Crippen molar-refractivity contribution in [1.82, 2.24) is 9.62 Å². The van der Waals surface area contributed by atoms with Gasteiger partial charge in [-0.3, -0.25) is 4.79 Å². The molecule has 0 heterocycles. The Morgan fingerprint density at radius 3 is 2.50 bits per heavy atom. The van der Waals surface area contributed by atoms with E-state index in [4.69, 9.17) is 4.74 Å². The molecule has 7 heteroatoms. The average molecular weight is 352 g/mol. The monoisotopic (exact) mass is 352 g/mol. The lowest BCUT2D eigenvalue weighted by atomic mass is 9.95. The Morgan fingerprint density at radius 1 is 1.25 bits per heavy atom.